The average Bonchev–Trinajstić information content (AvgIpc) is 3.59. The van der Waals surface area contributed by atoms with Gasteiger partial charge in [0.2, 0.25) is 17.7 Å². The van der Waals surface area contributed by atoms with Gasteiger partial charge in [0.25, 0.3) is 0 Å². The van der Waals surface area contributed by atoms with Crippen LogP contribution in [0.5, 0.6) is 0 Å². The number of urea groups is 1. The molecule has 0 bridgehead atoms. The van der Waals surface area contributed by atoms with Crippen molar-refractivity contribution in [1.29, 1.82) is 0 Å². The fraction of sp³-hybridized carbons (Fsp3) is 0.703. The van der Waals surface area contributed by atoms with E-state index < -0.39 is 0 Å². The van der Waals surface area contributed by atoms with E-state index in [2.05, 4.69) is 71.6 Å². The summed E-state index contributed by atoms with van der Waals surface area (Å²) in [5.74, 6) is 1.01. The molecule has 0 unspecified atom stereocenters. The summed E-state index contributed by atoms with van der Waals surface area (Å²) in [4.78, 5) is 47.7. The number of carbonyl (C=O) groups is 4. The number of carbonyl (C=O) groups excluding carboxylic acids is 4. The van der Waals surface area contributed by atoms with Crippen LogP contribution in [0, 0.1) is 0 Å². The van der Waals surface area contributed by atoms with Crippen molar-refractivity contribution in [3.8, 4) is 0 Å². The molecule has 2 aliphatic rings. The average molecular weight is 687 g/mol. The van der Waals surface area contributed by atoms with Gasteiger partial charge in [0.1, 0.15) is 0 Å². The zero-order chi connectivity index (χ0) is 35.0. The van der Waals surface area contributed by atoms with E-state index in [0.717, 1.165) is 89.2 Å². The maximum Gasteiger partial charge on any atom is 0.315 e. The molecule has 2 rings (SSSR count). The summed E-state index contributed by atoms with van der Waals surface area (Å²) < 4.78 is 0. The third-order valence-electron chi connectivity index (χ3n) is 8.63. The molecule has 0 aromatic rings. The molecule has 0 radical (unpaired) electrons. The van der Waals surface area contributed by atoms with Crippen molar-refractivity contribution in [1.82, 2.24) is 26.7 Å². The minimum absolute atomic E-state index is 0.0554. The molecule has 10 nitrogen and oxygen atoms in total. The van der Waals surface area contributed by atoms with Gasteiger partial charge in [-0.3, -0.25) is 14.4 Å². The number of amides is 5. The molecule has 5 N–H and O–H groups in total. The van der Waals surface area contributed by atoms with Gasteiger partial charge in [-0.1, -0.05) is 48.1 Å². The second-order valence-corrected chi connectivity index (χ2v) is 14.7. The highest BCUT2D eigenvalue weighted by molar-refractivity contribution is 8.00. The third-order valence-corrected chi connectivity index (χ3v) is 10.1. The number of hydrazone groups is 1. The van der Waals surface area contributed by atoms with E-state index in [1.807, 2.05) is 17.8 Å². The lowest BCUT2D eigenvalue weighted by Crippen LogP contribution is -2.36. The molecule has 0 saturated carbocycles. The monoisotopic (exact) mass is 686 g/mol. The molecule has 3 atom stereocenters. The van der Waals surface area contributed by atoms with Crippen LogP contribution < -0.4 is 26.7 Å². The minimum atomic E-state index is -0.0943. The van der Waals surface area contributed by atoms with E-state index in [-0.39, 0.29) is 35.8 Å². The SMILES string of the molecule is CC(C)=CCC/C(C)=C/CC/C(C)=C/C=N/NC(=O)CCCCCNC(=O)CCCCCNC(=O)CCCC[C@@H]1SC[C@@H]2NC(=O)N[C@@H]21. The van der Waals surface area contributed by atoms with E-state index >= 15 is 0 Å². The van der Waals surface area contributed by atoms with Gasteiger partial charge >= 0.3 is 6.03 Å². The van der Waals surface area contributed by atoms with E-state index in [4.69, 9.17) is 0 Å². The number of rotatable bonds is 25. The number of nitrogens with zero attached hydrogens (tertiary/aromatic N) is 1. The van der Waals surface area contributed by atoms with Gasteiger partial charge in [-0.05, 0) is 98.0 Å². The third kappa shape index (κ3) is 19.7. The number of allylic oxidation sites excluding steroid dienone is 6. The van der Waals surface area contributed by atoms with Crippen LogP contribution in [0.25, 0.3) is 0 Å². The summed E-state index contributed by atoms with van der Waals surface area (Å²) in [6, 6.07) is 0.415. The Morgan fingerprint density at radius 1 is 0.750 bits per heavy atom. The first-order valence-electron chi connectivity index (χ1n) is 18.1. The summed E-state index contributed by atoms with van der Waals surface area (Å²) in [6.45, 7) is 9.79. The smallest absolute Gasteiger partial charge is 0.315 e. The van der Waals surface area contributed by atoms with Crippen LogP contribution in [0.2, 0.25) is 0 Å². The first kappa shape index (κ1) is 41.1. The Morgan fingerprint density at radius 3 is 2.02 bits per heavy atom. The molecular formula is C37H62N6O4S. The highest BCUT2D eigenvalue weighted by atomic mass is 32.2. The highest BCUT2D eigenvalue weighted by Gasteiger charge is 2.42. The first-order chi connectivity index (χ1) is 23.1. The largest absolute Gasteiger partial charge is 0.356 e. The van der Waals surface area contributed by atoms with Gasteiger partial charge in [0.15, 0.2) is 0 Å². The van der Waals surface area contributed by atoms with E-state index in [9.17, 15) is 19.2 Å². The van der Waals surface area contributed by atoms with Gasteiger partial charge in [-0.25, -0.2) is 10.2 Å². The van der Waals surface area contributed by atoms with Gasteiger partial charge in [0, 0.05) is 49.6 Å². The van der Waals surface area contributed by atoms with Crippen molar-refractivity contribution < 1.29 is 19.2 Å². The molecule has 2 aliphatic heterocycles. The number of thioether (sulfide) groups is 1. The lowest BCUT2D eigenvalue weighted by molar-refractivity contribution is -0.122. The Kier molecular flexibility index (Phi) is 21.4. The normalized spacial score (nSPS) is 19.1. The number of fused-ring (bicyclic) bond motifs is 1. The lowest BCUT2D eigenvalue weighted by atomic mass is 10.0. The van der Waals surface area contributed by atoms with Crippen LogP contribution >= 0.6 is 11.8 Å². The Balaban J connectivity index is 1.35. The van der Waals surface area contributed by atoms with Crippen molar-refractivity contribution in [3.05, 3.63) is 34.9 Å². The summed E-state index contributed by atoms with van der Waals surface area (Å²) in [6.07, 6.45) is 21.7. The Bertz CT molecular complexity index is 1130. The van der Waals surface area contributed by atoms with E-state index in [1.54, 1.807) is 6.21 Å². The van der Waals surface area contributed by atoms with Crippen LogP contribution in [0.4, 0.5) is 4.79 Å². The molecular weight excluding hydrogens is 625 g/mol. The molecule has 0 aliphatic carbocycles. The van der Waals surface area contributed by atoms with Crippen LogP contribution in [0.3, 0.4) is 0 Å². The molecule has 5 amide bonds. The zero-order valence-corrected chi connectivity index (χ0v) is 30.8. The quantitative estimate of drug-likeness (QED) is 0.0243. The van der Waals surface area contributed by atoms with Gasteiger partial charge in [-0.15, -0.1) is 0 Å². The molecule has 270 valence electrons. The molecule has 0 spiro atoms. The molecule has 48 heavy (non-hydrogen) atoms. The van der Waals surface area contributed by atoms with Gasteiger partial charge < -0.3 is 21.3 Å². The minimum Gasteiger partial charge on any atom is -0.356 e. The predicted octanol–water partition coefficient (Wildman–Crippen LogP) is 6.59. The van der Waals surface area contributed by atoms with E-state index in [1.165, 1.54) is 16.7 Å². The number of hydrogen-bond acceptors (Lipinski definition) is 6. The maximum atomic E-state index is 12.1. The lowest BCUT2D eigenvalue weighted by Gasteiger charge is -2.16. The summed E-state index contributed by atoms with van der Waals surface area (Å²) in [5.41, 5.74) is 6.60. The second-order valence-electron chi connectivity index (χ2n) is 13.4. The van der Waals surface area contributed by atoms with Crippen molar-refractivity contribution in [2.45, 2.75) is 148 Å². The molecule has 0 aromatic heterocycles. The summed E-state index contributed by atoms with van der Waals surface area (Å²) in [5, 5.41) is 16.4. The van der Waals surface area contributed by atoms with Crippen molar-refractivity contribution >= 4 is 41.7 Å². The fourth-order valence-corrected chi connectivity index (χ4v) is 7.27. The summed E-state index contributed by atoms with van der Waals surface area (Å²) >= 11 is 1.91. The number of unbranched alkanes of at least 4 members (excludes halogenated alkanes) is 5. The Morgan fingerprint density at radius 2 is 1.35 bits per heavy atom. The standard InChI is InChI=1S/C37H62N6O4S/c1-28(2)15-13-16-29(3)17-14-18-30(4)23-26-40-43-35(46)22-8-6-12-25-38-33(44)20-7-5-11-24-39-34(45)21-10-9-19-32-36-31(27-48-32)41-37(47)42-36/h15,17,23,26,31-32,36H,5-14,16,18-22,24-25,27H2,1-4H3,(H,38,44)(H,39,45)(H,43,46)(H2,41,42,47)/b29-17+,30-23+,40-26+/t31-,32-,36-/m0/s1. The van der Waals surface area contributed by atoms with Gasteiger partial charge in [0.05, 0.1) is 12.1 Å². The molecule has 0 aromatic carbocycles. The fourth-order valence-electron chi connectivity index (χ4n) is 5.73. The maximum absolute atomic E-state index is 12.1. The van der Waals surface area contributed by atoms with Crippen molar-refractivity contribution in [2.24, 2.45) is 5.10 Å². The molecule has 2 saturated heterocycles. The van der Waals surface area contributed by atoms with Crippen molar-refractivity contribution in [2.75, 3.05) is 18.8 Å². The topological polar surface area (TPSA) is 141 Å². The van der Waals surface area contributed by atoms with Crippen LogP contribution in [-0.4, -0.2) is 66.1 Å². The Labute approximate surface area is 293 Å². The van der Waals surface area contributed by atoms with Crippen molar-refractivity contribution in [3.63, 3.8) is 0 Å². The molecule has 2 heterocycles. The van der Waals surface area contributed by atoms with Crippen LogP contribution in [0.15, 0.2) is 40.0 Å². The molecule has 2 fully saturated rings. The first-order valence-corrected chi connectivity index (χ1v) is 19.2. The van der Waals surface area contributed by atoms with E-state index in [0.29, 0.717) is 37.6 Å². The van der Waals surface area contributed by atoms with Gasteiger partial charge in [-0.2, -0.15) is 16.9 Å². The zero-order valence-electron chi connectivity index (χ0n) is 30.0. The highest BCUT2D eigenvalue weighted by Crippen LogP contribution is 2.33. The predicted molar refractivity (Wildman–Crippen MR) is 199 cm³/mol. The molecule has 11 heteroatoms. The number of nitrogens with one attached hydrogen (secondary N) is 5. The summed E-state index contributed by atoms with van der Waals surface area (Å²) in [7, 11) is 0. The number of hydrogen-bond donors (Lipinski definition) is 5. The van der Waals surface area contributed by atoms with Crippen LogP contribution in [0.1, 0.15) is 130 Å². The van der Waals surface area contributed by atoms with Crippen LogP contribution in [-0.2, 0) is 14.4 Å². The Hall–Kier alpha value is -3.08. The second kappa shape index (κ2) is 25.0.